The second-order valence-electron chi connectivity index (χ2n) is 1.89. The molecule has 76 valence electrons. The Hall–Kier alpha value is -2.31. The summed E-state index contributed by atoms with van der Waals surface area (Å²) in [7, 11) is 0. The summed E-state index contributed by atoms with van der Waals surface area (Å²) in [6.07, 6.45) is 1.32. The summed E-state index contributed by atoms with van der Waals surface area (Å²) in [5.74, 6) is -4.70. The van der Waals surface area contributed by atoms with E-state index in [9.17, 15) is 4.79 Å². The van der Waals surface area contributed by atoms with E-state index in [0.717, 1.165) is 0 Å². The Morgan fingerprint density at radius 1 is 1.07 bits per heavy atom. The lowest BCUT2D eigenvalue weighted by atomic mass is 10.5. The molecule has 0 radical (unpaired) electrons. The summed E-state index contributed by atoms with van der Waals surface area (Å²) >= 11 is 0. The quantitative estimate of drug-likeness (QED) is 0.552. The van der Waals surface area contributed by atoms with E-state index in [1.165, 1.54) is 18.4 Å². The number of carboxylic acid groups (broad SMARTS) is 3. The van der Waals surface area contributed by atoms with Crippen LogP contribution in [0.5, 0.6) is 0 Å². The first-order valence-electron chi connectivity index (χ1n) is 3.18. The molecule has 0 aliphatic heterocycles. The lowest BCUT2D eigenvalue weighted by Crippen LogP contribution is -2.09. The van der Waals surface area contributed by atoms with Gasteiger partial charge < -0.3 is 19.7 Å². The van der Waals surface area contributed by atoms with Crippen molar-refractivity contribution in [2.24, 2.45) is 0 Å². The van der Waals surface area contributed by atoms with Crippen LogP contribution in [0.3, 0.4) is 0 Å². The standard InChI is InChI=1S/C5H4O3.C2H2O4/c6-5(7)4-2-1-3-8-4;3-1(4)2(5)6/h1-3H,(H,6,7);(H,3,4)(H,5,6). The van der Waals surface area contributed by atoms with Crippen molar-refractivity contribution in [3.05, 3.63) is 24.2 Å². The zero-order valence-electron chi connectivity index (χ0n) is 6.71. The number of rotatable bonds is 1. The van der Waals surface area contributed by atoms with Gasteiger partial charge in [0.2, 0.25) is 5.76 Å². The zero-order valence-corrected chi connectivity index (χ0v) is 6.71. The Morgan fingerprint density at radius 3 is 1.71 bits per heavy atom. The van der Waals surface area contributed by atoms with Gasteiger partial charge in [0.05, 0.1) is 6.26 Å². The van der Waals surface area contributed by atoms with E-state index in [0.29, 0.717) is 0 Å². The Balaban J connectivity index is 0.000000255. The molecular weight excluding hydrogens is 196 g/mol. The highest BCUT2D eigenvalue weighted by Crippen LogP contribution is 1.97. The lowest BCUT2D eigenvalue weighted by Gasteiger charge is -1.79. The maximum absolute atomic E-state index is 9.97. The van der Waals surface area contributed by atoms with E-state index in [4.69, 9.17) is 24.9 Å². The summed E-state index contributed by atoms with van der Waals surface area (Å²) in [4.78, 5) is 28.2. The van der Waals surface area contributed by atoms with E-state index in [-0.39, 0.29) is 5.76 Å². The molecule has 0 unspecified atom stereocenters. The molecule has 0 bridgehead atoms. The molecule has 0 atom stereocenters. The molecule has 1 heterocycles. The lowest BCUT2D eigenvalue weighted by molar-refractivity contribution is -0.159. The molecule has 7 nitrogen and oxygen atoms in total. The predicted octanol–water partition coefficient (Wildman–Crippen LogP) is 0.133. The minimum absolute atomic E-state index is 0.0231. The molecular formula is C7H6O7. The Labute approximate surface area is 77.2 Å². The van der Waals surface area contributed by atoms with Gasteiger partial charge in [0.1, 0.15) is 0 Å². The minimum atomic E-state index is -1.82. The minimum Gasteiger partial charge on any atom is -0.475 e. The van der Waals surface area contributed by atoms with Crippen LogP contribution in [0.1, 0.15) is 10.6 Å². The van der Waals surface area contributed by atoms with Crippen LogP contribution in [0.25, 0.3) is 0 Å². The fourth-order valence-corrected chi connectivity index (χ4v) is 0.400. The number of furan rings is 1. The van der Waals surface area contributed by atoms with E-state index in [2.05, 4.69) is 4.42 Å². The van der Waals surface area contributed by atoms with Crippen LogP contribution in [-0.2, 0) is 9.59 Å². The van der Waals surface area contributed by atoms with Gasteiger partial charge in [-0.15, -0.1) is 0 Å². The number of carboxylic acids is 3. The van der Waals surface area contributed by atoms with Gasteiger partial charge in [-0.2, -0.15) is 0 Å². The number of aromatic carboxylic acids is 1. The Morgan fingerprint density at radius 2 is 1.57 bits per heavy atom. The number of hydrogen-bond acceptors (Lipinski definition) is 4. The predicted molar refractivity (Wildman–Crippen MR) is 40.9 cm³/mol. The number of hydrogen-bond donors (Lipinski definition) is 3. The summed E-state index contributed by atoms with van der Waals surface area (Å²) in [6, 6.07) is 2.92. The van der Waals surface area contributed by atoms with E-state index in [1.54, 1.807) is 0 Å². The Bertz CT molecular complexity index is 312. The van der Waals surface area contributed by atoms with Gasteiger partial charge in [-0.05, 0) is 12.1 Å². The maximum Gasteiger partial charge on any atom is 0.414 e. The second kappa shape index (κ2) is 5.36. The highest BCUT2D eigenvalue weighted by Gasteiger charge is 2.04. The third-order valence-corrected chi connectivity index (χ3v) is 0.915. The molecule has 0 amide bonds. The van der Waals surface area contributed by atoms with Crippen molar-refractivity contribution in [3.63, 3.8) is 0 Å². The summed E-state index contributed by atoms with van der Waals surface area (Å²) in [5, 5.41) is 23.0. The first-order chi connectivity index (χ1) is 6.45. The second-order valence-corrected chi connectivity index (χ2v) is 1.89. The summed E-state index contributed by atoms with van der Waals surface area (Å²) in [6.45, 7) is 0. The third kappa shape index (κ3) is 4.54. The van der Waals surface area contributed by atoms with Crippen LogP contribution < -0.4 is 0 Å². The van der Waals surface area contributed by atoms with Crippen LogP contribution in [0.4, 0.5) is 0 Å². The third-order valence-electron chi connectivity index (χ3n) is 0.915. The van der Waals surface area contributed by atoms with Crippen LogP contribution in [0, 0.1) is 0 Å². The number of carbonyl (C=O) groups is 3. The molecule has 1 rings (SSSR count). The fourth-order valence-electron chi connectivity index (χ4n) is 0.400. The molecule has 0 aromatic carbocycles. The van der Waals surface area contributed by atoms with Crippen molar-refractivity contribution < 1.29 is 34.1 Å². The van der Waals surface area contributed by atoms with Gasteiger partial charge in [0.15, 0.2) is 0 Å². The molecule has 14 heavy (non-hydrogen) atoms. The van der Waals surface area contributed by atoms with Crippen molar-refractivity contribution in [3.8, 4) is 0 Å². The molecule has 0 aliphatic rings. The average molecular weight is 202 g/mol. The Kier molecular flexibility index (Phi) is 4.47. The van der Waals surface area contributed by atoms with Crippen molar-refractivity contribution in [2.45, 2.75) is 0 Å². The van der Waals surface area contributed by atoms with Crippen molar-refractivity contribution in [2.75, 3.05) is 0 Å². The van der Waals surface area contributed by atoms with Crippen LogP contribution in [-0.4, -0.2) is 33.2 Å². The molecule has 0 saturated heterocycles. The van der Waals surface area contributed by atoms with Crippen LogP contribution in [0.2, 0.25) is 0 Å². The van der Waals surface area contributed by atoms with Gasteiger partial charge in [-0.3, -0.25) is 0 Å². The molecule has 1 aromatic heterocycles. The van der Waals surface area contributed by atoms with Gasteiger partial charge in [-0.1, -0.05) is 0 Å². The molecule has 1 aromatic rings. The zero-order chi connectivity index (χ0) is 11.1. The van der Waals surface area contributed by atoms with Gasteiger partial charge in [-0.25, -0.2) is 14.4 Å². The monoisotopic (exact) mass is 202 g/mol. The first kappa shape index (κ1) is 11.7. The summed E-state index contributed by atoms with van der Waals surface area (Å²) in [5.41, 5.74) is 0. The van der Waals surface area contributed by atoms with E-state index < -0.39 is 17.9 Å². The van der Waals surface area contributed by atoms with Crippen LogP contribution in [0.15, 0.2) is 22.8 Å². The molecule has 3 N–H and O–H groups in total. The first-order valence-corrected chi connectivity index (χ1v) is 3.18. The van der Waals surface area contributed by atoms with Gasteiger partial charge in [0, 0.05) is 0 Å². The topological polar surface area (TPSA) is 125 Å². The smallest absolute Gasteiger partial charge is 0.414 e. The molecule has 7 heteroatoms. The number of aliphatic carboxylic acids is 2. The SMILES string of the molecule is O=C(O)C(=O)O.O=C(O)c1ccco1. The van der Waals surface area contributed by atoms with Crippen molar-refractivity contribution in [1.82, 2.24) is 0 Å². The van der Waals surface area contributed by atoms with Gasteiger partial charge >= 0.3 is 17.9 Å². The largest absolute Gasteiger partial charge is 0.475 e. The highest BCUT2D eigenvalue weighted by molar-refractivity contribution is 6.27. The van der Waals surface area contributed by atoms with E-state index >= 15 is 0 Å². The molecule has 0 fully saturated rings. The van der Waals surface area contributed by atoms with Crippen LogP contribution >= 0.6 is 0 Å². The maximum atomic E-state index is 9.97. The summed E-state index contributed by atoms with van der Waals surface area (Å²) < 4.78 is 4.50. The molecule has 0 saturated carbocycles. The van der Waals surface area contributed by atoms with Crippen molar-refractivity contribution >= 4 is 17.9 Å². The molecule has 0 spiro atoms. The van der Waals surface area contributed by atoms with Crippen molar-refractivity contribution in [1.29, 1.82) is 0 Å². The molecule has 0 aliphatic carbocycles. The highest BCUT2D eigenvalue weighted by atomic mass is 16.4. The normalized spacial score (nSPS) is 8.29. The van der Waals surface area contributed by atoms with Gasteiger partial charge in [0.25, 0.3) is 0 Å². The van der Waals surface area contributed by atoms with E-state index in [1.807, 2.05) is 0 Å². The fraction of sp³-hybridized carbons (Fsp3) is 0. The average Bonchev–Trinajstić information content (AvgIpc) is 2.56.